The molecule has 0 unspecified atom stereocenters. The molecule has 2 nitrogen and oxygen atoms in total. The van der Waals surface area contributed by atoms with Crippen LogP contribution < -0.4 is 10.5 Å². The van der Waals surface area contributed by atoms with Crippen LogP contribution >= 0.6 is 0 Å². The van der Waals surface area contributed by atoms with E-state index in [-0.39, 0.29) is 0 Å². The molecule has 0 bridgehead atoms. The third kappa shape index (κ3) is 3.92. The van der Waals surface area contributed by atoms with Crippen molar-refractivity contribution in [3.8, 4) is 5.75 Å². The van der Waals surface area contributed by atoms with Gasteiger partial charge in [-0.2, -0.15) is 0 Å². The highest BCUT2D eigenvalue weighted by molar-refractivity contribution is 5.34. The SMILES string of the molecule is CCCOc1ccc(CCCN)c(C)c1. The Morgan fingerprint density at radius 1 is 1.33 bits per heavy atom. The predicted octanol–water partition coefficient (Wildman–Crippen LogP) is 2.68. The van der Waals surface area contributed by atoms with Gasteiger partial charge in [0.15, 0.2) is 0 Å². The van der Waals surface area contributed by atoms with Crippen molar-refractivity contribution in [3.05, 3.63) is 29.3 Å². The summed E-state index contributed by atoms with van der Waals surface area (Å²) in [6, 6.07) is 6.31. The first-order chi connectivity index (χ1) is 7.27. The fraction of sp³-hybridized carbons (Fsp3) is 0.538. The summed E-state index contributed by atoms with van der Waals surface area (Å²) in [4.78, 5) is 0. The van der Waals surface area contributed by atoms with Crippen LogP contribution in [0, 0.1) is 6.92 Å². The zero-order valence-corrected chi connectivity index (χ0v) is 9.75. The smallest absolute Gasteiger partial charge is 0.119 e. The third-order valence-corrected chi connectivity index (χ3v) is 2.44. The fourth-order valence-electron chi connectivity index (χ4n) is 1.55. The van der Waals surface area contributed by atoms with Crippen molar-refractivity contribution < 1.29 is 4.74 Å². The standard InChI is InChI=1S/C13H21NO/c1-3-9-15-13-7-6-12(5-4-8-14)11(2)10-13/h6-7,10H,3-5,8-9,14H2,1-2H3. The van der Waals surface area contributed by atoms with E-state index in [0.717, 1.165) is 38.2 Å². The van der Waals surface area contributed by atoms with Gasteiger partial charge in [0.1, 0.15) is 5.75 Å². The summed E-state index contributed by atoms with van der Waals surface area (Å²) in [6.45, 7) is 5.79. The highest BCUT2D eigenvalue weighted by atomic mass is 16.5. The van der Waals surface area contributed by atoms with Gasteiger partial charge in [-0.15, -0.1) is 0 Å². The zero-order chi connectivity index (χ0) is 11.1. The monoisotopic (exact) mass is 207 g/mol. The lowest BCUT2D eigenvalue weighted by Gasteiger charge is -2.09. The van der Waals surface area contributed by atoms with Crippen molar-refractivity contribution in [1.82, 2.24) is 0 Å². The summed E-state index contributed by atoms with van der Waals surface area (Å²) in [6.07, 6.45) is 3.17. The Kier molecular flexibility index (Phi) is 5.19. The van der Waals surface area contributed by atoms with Gasteiger partial charge in [-0.1, -0.05) is 13.0 Å². The topological polar surface area (TPSA) is 35.2 Å². The Labute approximate surface area is 92.4 Å². The van der Waals surface area contributed by atoms with Gasteiger partial charge in [-0.3, -0.25) is 0 Å². The molecule has 1 aromatic rings. The van der Waals surface area contributed by atoms with Crippen molar-refractivity contribution in [1.29, 1.82) is 0 Å². The third-order valence-electron chi connectivity index (χ3n) is 2.44. The molecule has 0 amide bonds. The van der Waals surface area contributed by atoms with Crippen molar-refractivity contribution in [3.63, 3.8) is 0 Å². The molecule has 0 aliphatic heterocycles. The van der Waals surface area contributed by atoms with Crippen LogP contribution in [0.2, 0.25) is 0 Å². The van der Waals surface area contributed by atoms with Gasteiger partial charge in [0.05, 0.1) is 6.61 Å². The van der Waals surface area contributed by atoms with Gasteiger partial charge in [0.25, 0.3) is 0 Å². The van der Waals surface area contributed by atoms with E-state index in [1.807, 2.05) is 0 Å². The van der Waals surface area contributed by atoms with Crippen LogP contribution in [0.4, 0.5) is 0 Å². The van der Waals surface area contributed by atoms with Crippen molar-refractivity contribution in [2.75, 3.05) is 13.2 Å². The predicted molar refractivity (Wildman–Crippen MR) is 64.3 cm³/mol. The molecule has 0 radical (unpaired) electrons. The van der Waals surface area contributed by atoms with E-state index in [1.165, 1.54) is 11.1 Å². The fourth-order valence-corrected chi connectivity index (χ4v) is 1.55. The van der Waals surface area contributed by atoms with Crippen LogP contribution in [-0.2, 0) is 6.42 Å². The molecule has 1 rings (SSSR count). The molecule has 0 atom stereocenters. The van der Waals surface area contributed by atoms with Crippen molar-refractivity contribution in [2.45, 2.75) is 33.1 Å². The molecular formula is C13H21NO. The second kappa shape index (κ2) is 6.46. The first-order valence-corrected chi connectivity index (χ1v) is 5.70. The van der Waals surface area contributed by atoms with E-state index in [1.54, 1.807) is 0 Å². The molecule has 0 fully saturated rings. The van der Waals surface area contributed by atoms with Crippen LogP contribution in [0.1, 0.15) is 30.9 Å². The van der Waals surface area contributed by atoms with Crippen LogP contribution in [-0.4, -0.2) is 13.2 Å². The second-order valence-corrected chi connectivity index (χ2v) is 3.83. The summed E-state index contributed by atoms with van der Waals surface area (Å²) in [5.41, 5.74) is 8.18. The van der Waals surface area contributed by atoms with Gasteiger partial charge in [0.2, 0.25) is 0 Å². The van der Waals surface area contributed by atoms with E-state index >= 15 is 0 Å². The number of rotatable bonds is 6. The molecule has 1 aromatic carbocycles. The molecule has 15 heavy (non-hydrogen) atoms. The van der Waals surface area contributed by atoms with Crippen molar-refractivity contribution >= 4 is 0 Å². The Hall–Kier alpha value is -1.02. The van der Waals surface area contributed by atoms with Gasteiger partial charge in [-0.05, 0) is 56.0 Å². The maximum atomic E-state index is 5.57. The van der Waals surface area contributed by atoms with Gasteiger partial charge >= 0.3 is 0 Å². The van der Waals surface area contributed by atoms with E-state index in [2.05, 4.69) is 32.0 Å². The number of hydrogen-bond donors (Lipinski definition) is 1. The largest absolute Gasteiger partial charge is 0.494 e. The molecule has 0 spiro atoms. The summed E-state index contributed by atoms with van der Waals surface area (Å²) in [5.74, 6) is 0.978. The number of aryl methyl sites for hydroxylation is 2. The minimum Gasteiger partial charge on any atom is -0.494 e. The normalized spacial score (nSPS) is 10.3. The van der Waals surface area contributed by atoms with Crippen LogP contribution in [0.15, 0.2) is 18.2 Å². The van der Waals surface area contributed by atoms with Gasteiger partial charge in [0, 0.05) is 0 Å². The maximum absolute atomic E-state index is 5.57. The molecule has 2 heteroatoms. The lowest BCUT2D eigenvalue weighted by atomic mass is 10.0. The molecular weight excluding hydrogens is 186 g/mol. The summed E-state index contributed by atoms with van der Waals surface area (Å²) >= 11 is 0. The highest BCUT2D eigenvalue weighted by Crippen LogP contribution is 2.18. The van der Waals surface area contributed by atoms with Crippen molar-refractivity contribution in [2.24, 2.45) is 5.73 Å². The summed E-state index contributed by atoms with van der Waals surface area (Å²) < 4.78 is 5.57. The summed E-state index contributed by atoms with van der Waals surface area (Å²) in [5, 5.41) is 0. The average molecular weight is 207 g/mol. The molecule has 0 aliphatic rings. The van der Waals surface area contributed by atoms with E-state index in [0.29, 0.717) is 0 Å². The van der Waals surface area contributed by atoms with E-state index in [4.69, 9.17) is 10.5 Å². The molecule has 0 saturated carbocycles. The van der Waals surface area contributed by atoms with Gasteiger partial charge < -0.3 is 10.5 Å². The average Bonchev–Trinajstić information content (AvgIpc) is 2.25. The first kappa shape index (κ1) is 12.1. The minimum atomic E-state index is 0.757. The van der Waals surface area contributed by atoms with Crippen LogP contribution in [0.5, 0.6) is 5.75 Å². The Balaban J connectivity index is 2.61. The summed E-state index contributed by atoms with van der Waals surface area (Å²) in [7, 11) is 0. The molecule has 0 aliphatic carbocycles. The molecule has 0 saturated heterocycles. The van der Waals surface area contributed by atoms with Crippen LogP contribution in [0.25, 0.3) is 0 Å². The van der Waals surface area contributed by atoms with Crippen LogP contribution in [0.3, 0.4) is 0 Å². The van der Waals surface area contributed by atoms with E-state index < -0.39 is 0 Å². The van der Waals surface area contributed by atoms with E-state index in [9.17, 15) is 0 Å². The highest BCUT2D eigenvalue weighted by Gasteiger charge is 2.00. The lowest BCUT2D eigenvalue weighted by molar-refractivity contribution is 0.317. The minimum absolute atomic E-state index is 0.757. The quantitative estimate of drug-likeness (QED) is 0.778. The number of nitrogens with two attached hydrogens (primary N) is 1. The Bertz CT molecular complexity index is 297. The number of benzene rings is 1. The molecule has 0 heterocycles. The first-order valence-electron chi connectivity index (χ1n) is 5.70. The maximum Gasteiger partial charge on any atom is 0.119 e. The van der Waals surface area contributed by atoms with Gasteiger partial charge in [-0.25, -0.2) is 0 Å². The molecule has 0 aromatic heterocycles. The zero-order valence-electron chi connectivity index (χ0n) is 9.75. The second-order valence-electron chi connectivity index (χ2n) is 3.83. The Morgan fingerprint density at radius 2 is 2.13 bits per heavy atom. The molecule has 2 N–H and O–H groups in total. The molecule has 84 valence electrons. The lowest BCUT2D eigenvalue weighted by Crippen LogP contribution is -2.02. The Morgan fingerprint density at radius 3 is 2.73 bits per heavy atom. The number of ether oxygens (including phenoxy) is 1. The number of hydrogen-bond acceptors (Lipinski definition) is 2.